The second kappa shape index (κ2) is 6.85. The highest BCUT2D eigenvalue weighted by molar-refractivity contribution is 6.32. The minimum absolute atomic E-state index is 0.0472. The van der Waals surface area contributed by atoms with Crippen molar-refractivity contribution in [1.82, 2.24) is 4.98 Å². The fourth-order valence-electron chi connectivity index (χ4n) is 1.47. The van der Waals surface area contributed by atoms with Gasteiger partial charge in [0.05, 0.1) is 18.1 Å². The van der Waals surface area contributed by atoms with E-state index in [2.05, 4.69) is 4.98 Å². The van der Waals surface area contributed by atoms with Crippen LogP contribution in [0, 0.1) is 0 Å². The first-order valence-corrected chi connectivity index (χ1v) is 6.08. The first kappa shape index (κ1) is 15.1. The van der Waals surface area contributed by atoms with E-state index < -0.39 is 18.1 Å². The van der Waals surface area contributed by atoms with Crippen LogP contribution in [0.15, 0.2) is 6.20 Å². The van der Waals surface area contributed by atoms with E-state index in [9.17, 15) is 13.6 Å². The van der Waals surface area contributed by atoms with Crippen LogP contribution in [-0.4, -0.2) is 17.6 Å². The summed E-state index contributed by atoms with van der Waals surface area (Å²) in [6.45, 7) is 1.80. The molecule has 0 radical (unpaired) electrons. The van der Waals surface area contributed by atoms with Crippen LogP contribution in [0.25, 0.3) is 0 Å². The first-order valence-electron chi connectivity index (χ1n) is 5.17. The topological polar surface area (TPSA) is 39.2 Å². The van der Waals surface area contributed by atoms with E-state index in [1.54, 1.807) is 6.92 Å². The van der Waals surface area contributed by atoms with Gasteiger partial charge in [-0.2, -0.15) is 0 Å². The fraction of sp³-hybridized carbons (Fsp3) is 0.455. The third-order valence-corrected chi connectivity index (χ3v) is 2.84. The van der Waals surface area contributed by atoms with Gasteiger partial charge < -0.3 is 4.74 Å². The molecule has 0 amide bonds. The van der Waals surface area contributed by atoms with Gasteiger partial charge in [-0.1, -0.05) is 11.6 Å². The molecule has 0 aliphatic carbocycles. The monoisotopic (exact) mass is 297 g/mol. The highest BCUT2D eigenvalue weighted by Gasteiger charge is 2.22. The molecule has 0 saturated heterocycles. The normalized spacial score (nSPS) is 10.8. The van der Waals surface area contributed by atoms with Gasteiger partial charge in [0.25, 0.3) is 6.43 Å². The standard InChI is InChI=1S/C11H11Cl2F2NO2/c1-2-18-9(17)3-6-7(4-12)8(13)5-16-10(6)11(14)15/h5,11H,2-4H2,1H3. The Labute approximate surface area is 113 Å². The van der Waals surface area contributed by atoms with Crippen LogP contribution >= 0.6 is 23.2 Å². The zero-order valence-corrected chi connectivity index (χ0v) is 11.1. The number of alkyl halides is 3. The average Bonchev–Trinajstić information content (AvgIpc) is 2.29. The molecule has 0 fully saturated rings. The molecule has 0 aromatic carbocycles. The molecule has 0 aliphatic rings. The Bertz CT molecular complexity index is 441. The fourth-order valence-corrected chi connectivity index (χ4v) is 2.07. The Balaban J connectivity index is 3.19. The van der Waals surface area contributed by atoms with Gasteiger partial charge in [0, 0.05) is 12.1 Å². The molecule has 0 unspecified atom stereocenters. The number of hydrogen-bond acceptors (Lipinski definition) is 3. The van der Waals surface area contributed by atoms with Crippen molar-refractivity contribution in [2.24, 2.45) is 0 Å². The first-order chi connectivity index (χ1) is 8.51. The van der Waals surface area contributed by atoms with Crippen molar-refractivity contribution >= 4 is 29.2 Å². The van der Waals surface area contributed by atoms with Crippen molar-refractivity contribution in [3.63, 3.8) is 0 Å². The maximum Gasteiger partial charge on any atom is 0.310 e. The molecule has 1 aromatic rings. The van der Waals surface area contributed by atoms with E-state index in [4.69, 9.17) is 27.9 Å². The van der Waals surface area contributed by atoms with Crippen molar-refractivity contribution in [3.8, 4) is 0 Å². The Kier molecular flexibility index (Phi) is 5.75. The summed E-state index contributed by atoms with van der Waals surface area (Å²) in [4.78, 5) is 14.9. The Morgan fingerprint density at radius 1 is 1.50 bits per heavy atom. The maximum absolute atomic E-state index is 12.8. The number of halogens is 4. The third kappa shape index (κ3) is 3.53. The van der Waals surface area contributed by atoms with Crippen LogP contribution in [-0.2, 0) is 21.8 Å². The zero-order chi connectivity index (χ0) is 13.7. The van der Waals surface area contributed by atoms with Crippen LogP contribution < -0.4 is 0 Å². The summed E-state index contributed by atoms with van der Waals surface area (Å²) >= 11 is 11.5. The quantitative estimate of drug-likeness (QED) is 0.617. The summed E-state index contributed by atoms with van der Waals surface area (Å²) in [5, 5.41) is 0.161. The molecule has 1 heterocycles. The number of carbonyl (C=O) groups is 1. The minimum Gasteiger partial charge on any atom is -0.466 e. The molecule has 0 aliphatic heterocycles. The molecule has 100 valence electrons. The van der Waals surface area contributed by atoms with Crippen molar-refractivity contribution in [3.05, 3.63) is 28.0 Å². The lowest BCUT2D eigenvalue weighted by Crippen LogP contribution is -2.13. The van der Waals surface area contributed by atoms with E-state index in [0.717, 1.165) is 6.20 Å². The van der Waals surface area contributed by atoms with Gasteiger partial charge >= 0.3 is 5.97 Å². The lowest BCUT2D eigenvalue weighted by atomic mass is 10.0. The summed E-state index contributed by atoms with van der Waals surface area (Å²) in [6.07, 6.45) is -2.01. The van der Waals surface area contributed by atoms with Crippen molar-refractivity contribution in [2.75, 3.05) is 6.61 Å². The molecule has 0 bridgehead atoms. The predicted molar refractivity (Wildman–Crippen MR) is 64.1 cm³/mol. The molecule has 1 aromatic heterocycles. The summed E-state index contributed by atoms with van der Waals surface area (Å²) in [5.74, 6) is -0.689. The molecular formula is C11H11Cl2F2NO2. The number of rotatable bonds is 5. The summed E-state index contributed by atoms with van der Waals surface area (Å²) in [7, 11) is 0. The predicted octanol–water partition coefficient (Wildman–Crippen LogP) is 3.52. The Hall–Kier alpha value is -0.940. The smallest absolute Gasteiger partial charge is 0.310 e. The second-order valence-electron chi connectivity index (χ2n) is 3.36. The van der Waals surface area contributed by atoms with Crippen LogP contribution in [0.3, 0.4) is 0 Å². The van der Waals surface area contributed by atoms with Gasteiger partial charge in [0.2, 0.25) is 0 Å². The highest BCUT2D eigenvalue weighted by atomic mass is 35.5. The van der Waals surface area contributed by atoms with Gasteiger partial charge in [0.15, 0.2) is 0 Å². The van der Waals surface area contributed by atoms with E-state index in [0.29, 0.717) is 0 Å². The summed E-state index contributed by atoms with van der Waals surface area (Å²) in [6, 6.07) is 0. The molecule has 18 heavy (non-hydrogen) atoms. The number of aromatic nitrogens is 1. The van der Waals surface area contributed by atoms with Crippen molar-refractivity contribution in [2.45, 2.75) is 25.7 Å². The molecule has 0 spiro atoms. The largest absolute Gasteiger partial charge is 0.466 e. The number of hydrogen-bond donors (Lipinski definition) is 0. The number of esters is 1. The summed E-state index contributed by atoms with van der Waals surface area (Å²) < 4.78 is 30.3. The van der Waals surface area contributed by atoms with Crippen LogP contribution in [0.5, 0.6) is 0 Å². The third-order valence-electron chi connectivity index (χ3n) is 2.25. The van der Waals surface area contributed by atoms with Crippen LogP contribution in [0.4, 0.5) is 8.78 Å². The SMILES string of the molecule is CCOC(=O)Cc1c(C(F)F)ncc(Cl)c1CCl. The number of ether oxygens (including phenoxy) is 1. The van der Waals surface area contributed by atoms with E-state index in [1.807, 2.05) is 0 Å². The van der Waals surface area contributed by atoms with Crippen LogP contribution in [0.2, 0.25) is 5.02 Å². The number of carbonyl (C=O) groups excluding carboxylic acids is 1. The molecule has 7 heteroatoms. The zero-order valence-electron chi connectivity index (χ0n) is 9.55. The lowest BCUT2D eigenvalue weighted by molar-refractivity contribution is -0.142. The van der Waals surface area contributed by atoms with E-state index >= 15 is 0 Å². The Morgan fingerprint density at radius 2 is 2.17 bits per heavy atom. The molecule has 0 saturated carbocycles. The van der Waals surface area contributed by atoms with Gasteiger partial charge in [-0.05, 0) is 18.1 Å². The molecular weight excluding hydrogens is 287 g/mol. The van der Waals surface area contributed by atoms with Crippen molar-refractivity contribution in [1.29, 1.82) is 0 Å². The second-order valence-corrected chi connectivity index (χ2v) is 4.04. The van der Waals surface area contributed by atoms with E-state index in [-0.39, 0.29) is 35.1 Å². The highest BCUT2D eigenvalue weighted by Crippen LogP contribution is 2.29. The molecule has 0 N–H and O–H groups in total. The minimum atomic E-state index is -2.80. The lowest BCUT2D eigenvalue weighted by Gasteiger charge is -2.13. The number of nitrogens with zero attached hydrogens (tertiary/aromatic N) is 1. The number of pyridine rings is 1. The molecule has 3 nitrogen and oxygen atoms in total. The van der Waals surface area contributed by atoms with Gasteiger partial charge in [-0.3, -0.25) is 9.78 Å². The summed E-state index contributed by atoms with van der Waals surface area (Å²) in [5.41, 5.74) is -0.147. The van der Waals surface area contributed by atoms with Gasteiger partial charge in [-0.15, -0.1) is 11.6 Å². The van der Waals surface area contributed by atoms with Crippen molar-refractivity contribution < 1.29 is 18.3 Å². The van der Waals surface area contributed by atoms with E-state index in [1.165, 1.54) is 0 Å². The maximum atomic E-state index is 12.8. The van der Waals surface area contributed by atoms with Gasteiger partial charge in [0.1, 0.15) is 5.69 Å². The average molecular weight is 298 g/mol. The Morgan fingerprint density at radius 3 is 2.67 bits per heavy atom. The molecule has 1 rings (SSSR count). The van der Waals surface area contributed by atoms with Crippen LogP contribution in [0.1, 0.15) is 30.2 Å². The molecule has 0 atom stereocenters. The van der Waals surface area contributed by atoms with Gasteiger partial charge in [-0.25, -0.2) is 8.78 Å².